The van der Waals surface area contributed by atoms with Gasteiger partial charge in [0.1, 0.15) is 24.5 Å². The van der Waals surface area contributed by atoms with Crippen LogP contribution in [0.25, 0.3) is 0 Å². The lowest BCUT2D eigenvalue weighted by molar-refractivity contribution is -0.129. The van der Waals surface area contributed by atoms with Crippen LogP contribution in [0, 0.1) is 5.92 Å². The summed E-state index contributed by atoms with van der Waals surface area (Å²) < 4.78 is 5.16. The Morgan fingerprint density at radius 2 is 1.68 bits per heavy atom. The fourth-order valence-electron chi connectivity index (χ4n) is 2.52. The van der Waals surface area contributed by atoms with Gasteiger partial charge >= 0.3 is 6.09 Å². The van der Waals surface area contributed by atoms with E-state index in [0.717, 1.165) is 5.56 Å². The number of alkyl carbamates (subject to hydrolysis) is 1. The van der Waals surface area contributed by atoms with Gasteiger partial charge in [0.15, 0.2) is 0 Å². The van der Waals surface area contributed by atoms with E-state index in [9.17, 15) is 19.2 Å². The van der Waals surface area contributed by atoms with E-state index in [0.29, 0.717) is 6.42 Å². The number of ether oxygens (including phenoxy) is 1. The van der Waals surface area contributed by atoms with Crippen LogP contribution in [0.4, 0.5) is 4.79 Å². The fraction of sp³-hybridized carbons (Fsp3) is 0.500. The molecule has 0 saturated carbocycles. The maximum Gasteiger partial charge on any atom is 0.408 e. The van der Waals surface area contributed by atoms with Crippen molar-refractivity contribution in [1.29, 1.82) is 0 Å². The van der Waals surface area contributed by atoms with E-state index in [1.54, 1.807) is 0 Å². The molecule has 0 aliphatic rings. The molecule has 0 aliphatic heterocycles. The topological polar surface area (TPSA) is 128 Å². The molecule has 1 rings (SSSR count). The van der Waals surface area contributed by atoms with Crippen molar-refractivity contribution in [1.82, 2.24) is 10.6 Å². The Kier molecular flexibility index (Phi) is 9.70. The first-order chi connectivity index (χ1) is 13.2. The molecule has 0 heterocycles. The number of rotatable bonds is 11. The number of hydrogen-bond acceptors (Lipinski definition) is 5. The van der Waals surface area contributed by atoms with Crippen LogP contribution in [0.15, 0.2) is 30.3 Å². The minimum absolute atomic E-state index is 0.0746. The molecule has 8 heteroatoms. The van der Waals surface area contributed by atoms with Gasteiger partial charge in [-0.15, -0.1) is 0 Å². The van der Waals surface area contributed by atoms with Gasteiger partial charge in [-0.1, -0.05) is 44.2 Å². The number of carbonyl (C=O) groups is 4. The van der Waals surface area contributed by atoms with Crippen molar-refractivity contribution < 1.29 is 23.9 Å². The highest BCUT2D eigenvalue weighted by molar-refractivity contribution is 5.91. The van der Waals surface area contributed by atoms with E-state index in [2.05, 4.69) is 10.6 Å². The van der Waals surface area contributed by atoms with E-state index in [4.69, 9.17) is 10.5 Å². The first-order valence-corrected chi connectivity index (χ1v) is 9.25. The molecule has 0 unspecified atom stereocenters. The zero-order valence-corrected chi connectivity index (χ0v) is 16.6. The summed E-state index contributed by atoms with van der Waals surface area (Å²) in [7, 11) is 0. The number of amides is 3. The molecule has 3 amide bonds. The van der Waals surface area contributed by atoms with Crippen molar-refractivity contribution in [3.8, 4) is 0 Å². The smallest absolute Gasteiger partial charge is 0.408 e. The van der Waals surface area contributed by atoms with Crippen molar-refractivity contribution >= 4 is 23.7 Å². The first kappa shape index (κ1) is 23.1. The maximum absolute atomic E-state index is 12.6. The maximum atomic E-state index is 12.6. The van der Waals surface area contributed by atoms with Gasteiger partial charge in [0.2, 0.25) is 11.8 Å². The third-order valence-electron chi connectivity index (χ3n) is 3.97. The number of carbonyl (C=O) groups excluding carboxylic acids is 4. The monoisotopic (exact) mass is 391 g/mol. The van der Waals surface area contributed by atoms with Gasteiger partial charge in [-0.2, -0.15) is 0 Å². The lowest BCUT2D eigenvalue weighted by atomic mass is 10.0. The van der Waals surface area contributed by atoms with Gasteiger partial charge in [0, 0.05) is 6.42 Å². The van der Waals surface area contributed by atoms with E-state index in [1.807, 2.05) is 44.2 Å². The Bertz CT molecular complexity index is 676. The second-order valence-electron chi connectivity index (χ2n) is 7.09. The molecule has 1 aromatic rings. The minimum atomic E-state index is -0.979. The van der Waals surface area contributed by atoms with Crippen LogP contribution in [0.2, 0.25) is 0 Å². The Morgan fingerprint density at radius 3 is 2.21 bits per heavy atom. The molecule has 1 aromatic carbocycles. The van der Waals surface area contributed by atoms with Gasteiger partial charge in [-0.3, -0.25) is 9.59 Å². The van der Waals surface area contributed by atoms with Gasteiger partial charge in [-0.25, -0.2) is 4.79 Å². The van der Waals surface area contributed by atoms with Gasteiger partial charge < -0.3 is 25.9 Å². The normalized spacial score (nSPS) is 12.7. The van der Waals surface area contributed by atoms with E-state index >= 15 is 0 Å². The quantitative estimate of drug-likeness (QED) is 0.529. The lowest BCUT2D eigenvalue weighted by Gasteiger charge is -2.22. The number of Topliss-reactive ketones (excluding diaryl/α,β-unsaturated/α-hetero) is 1. The molecule has 4 N–H and O–H groups in total. The third kappa shape index (κ3) is 9.16. The largest absolute Gasteiger partial charge is 0.445 e. The Hall–Kier alpha value is -2.90. The van der Waals surface area contributed by atoms with Crippen LogP contribution in [0.1, 0.15) is 45.6 Å². The SMILES string of the molecule is CC(=O)CC[C@@H](NC(=O)[C@H](CC(C)C)NC(=O)OCc1ccccc1)C(N)=O. The fourth-order valence-corrected chi connectivity index (χ4v) is 2.52. The summed E-state index contributed by atoms with van der Waals surface area (Å²) >= 11 is 0. The molecule has 0 aromatic heterocycles. The van der Waals surface area contributed by atoms with Gasteiger partial charge in [-0.05, 0) is 31.2 Å². The molecule has 0 bridgehead atoms. The third-order valence-corrected chi connectivity index (χ3v) is 3.97. The Balaban J connectivity index is 2.68. The van der Waals surface area contributed by atoms with Crippen LogP contribution < -0.4 is 16.4 Å². The molecular formula is C20H29N3O5. The number of nitrogens with one attached hydrogen (secondary N) is 2. The van der Waals surface area contributed by atoms with Crippen molar-refractivity contribution in [3.63, 3.8) is 0 Å². The van der Waals surface area contributed by atoms with Crippen molar-refractivity contribution in [2.24, 2.45) is 11.7 Å². The number of ketones is 1. The average molecular weight is 391 g/mol. The summed E-state index contributed by atoms with van der Waals surface area (Å²) in [6.45, 7) is 5.27. The number of nitrogens with two attached hydrogens (primary N) is 1. The van der Waals surface area contributed by atoms with E-state index < -0.39 is 30.0 Å². The predicted molar refractivity (Wildman–Crippen MR) is 104 cm³/mol. The molecule has 154 valence electrons. The Morgan fingerprint density at radius 1 is 1.04 bits per heavy atom. The molecule has 0 fully saturated rings. The summed E-state index contributed by atoms with van der Waals surface area (Å²) in [4.78, 5) is 47.4. The number of hydrogen-bond donors (Lipinski definition) is 3. The summed E-state index contributed by atoms with van der Waals surface area (Å²) in [5, 5.41) is 5.06. The standard InChI is InChI=1S/C20H29N3O5/c1-13(2)11-17(19(26)22-16(18(21)25)10-9-14(3)24)23-20(27)28-12-15-7-5-4-6-8-15/h4-8,13,16-17H,9-12H2,1-3H3,(H2,21,25)(H,22,26)(H,23,27)/t16-,17+/m1/s1. The molecule has 28 heavy (non-hydrogen) atoms. The molecular weight excluding hydrogens is 362 g/mol. The highest BCUT2D eigenvalue weighted by Gasteiger charge is 2.26. The second-order valence-corrected chi connectivity index (χ2v) is 7.09. The number of benzene rings is 1. The molecule has 8 nitrogen and oxygen atoms in total. The summed E-state index contributed by atoms with van der Waals surface area (Å²) in [6, 6.07) is 7.28. The Labute approximate surface area is 165 Å². The van der Waals surface area contributed by atoms with Crippen LogP contribution in [0.3, 0.4) is 0 Å². The number of primary amides is 1. The minimum Gasteiger partial charge on any atom is -0.445 e. The molecule has 0 aliphatic carbocycles. The van der Waals surface area contributed by atoms with Crippen LogP contribution >= 0.6 is 0 Å². The zero-order chi connectivity index (χ0) is 21.1. The van der Waals surface area contributed by atoms with Crippen molar-refractivity contribution in [3.05, 3.63) is 35.9 Å². The molecule has 2 atom stereocenters. The van der Waals surface area contributed by atoms with Gasteiger partial charge in [0.05, 0.1) is 0 Å². The summed E-state index contributed by atoms with van der Waals surface area (Å²) in [5.41, 5.74) is 6.13. The molecule has 0 radical (unpaired) electrons. The zero-order valence-electron chi connectivity index (χ0n) is 16.6. The summed E-state index contributed by atoms with van der Waals surface area (Å²) in [6.07, 6.45) is -0.146. The van der Waals surface area contributed by atoms with E-state index in [1.165, 1.54) is 6.92 Å². The van der Waals surface area contributed by atoms with Crippen LogP contribution in [0.5, 0.6) is 0 Å². The molecule has 0 saturated heterocycles. The van der Waals surface area contributed by atoms with Gasteiger partial charge in [0.25, 0.3) is 0 Å². The van der Waals surface area contributed by atoms with E-state index in [-0.39, 0.29) is 31.1 Å². The first-order valence-electron chi connectivity index (χ1n) is 9.25. The van der Waals surface area contributed by atoms with Crippen molar-refractivity contribution in [2.75, 3.05) is 0 Å². The predicted octanol–water partition coefficient (Wildman–Crippen LogP) is 1.67. The highest BCUT2D eigenvalue weighted by atomic mass is 16.5. The highest BCUT2D eigenvalue weighted by Crippen LogP contribution is 2.08. The van der Waals surface area contributed by atoms with Crippen molar-refractivity contribution in [2.45, 2.75) is 58.7 Å². The molecule has 0 spiro atoms. The second kappa shape index (κ2) is 11.7. The van der Waals surface area contributed by atoms with Crippen LogP contribution in [-0.2, 0) is 25.7 Å². The average Bonchev–Trinajstić information content (AvgIpc) is 2.62. The summed E-state index contributed by atoms with van der Waals surface area (Å²) in [5.74, 6) is -1.28. The lowest BCUT2D eigenvalue weighted by Crippen LogP contribution is -2.53. The van der Waals surface area contributed by atoms with Crippen LogP contribution in [-0.4, -0.2) is 35.8 Å².